The van der Waals surface area contributed by atoms with Crippen LogP contribution < -0.4 is 4.74 Å². The van der Waals surface area contributed by atoms with E-state index in [9.17, 15) is 21.6 Å². The predicted molar refractivity (Wildman–Crippen MR) is 96.3 cm³/mol. The van der Waals surface area contributed by atoms with Crippen molar-refractivity contribution in [3.05, 3.63) is 46.7 Å². The molecule has 1 saturated heterocycles. The summed E-state index contributed by atoms with van der Waals surface area (Å²) in [6, 6.07) is 8.39. The maximum atomic E-state index is 12.7. The average molecular weight is 420 g/mol. The monoisotopic (exact) mass is 420 g/mol. The maximum absolute atomic E-state index is 12.7. The van der Waals surface area contributed by atoms with Crippen molar-refractivity contribution >= 4 is 21.4 Å². The van der Waals surface area contributed by atoms with Crippen molar-refractivity contribution in [2.75, 3.05) is 32.7 Å². The molecule has 0 amide bonds. The molecule has 3 rings (SSSR count). The summed E-state index contributed by atoms with van der Waals surface area (Å²) in [4.78, 5) is 3.47. The van der Waals surface area contributed by atoms with Gasteiger partial charge in [-0.15, -0.1) is 24.5 Å². The van der Waals surface area contributed by atoms with Gasteiger partial charge in [0.1, 0.15) is 5.75 Å². The number of alkyl halides is 3. The number of thiophene rings is 1. The molecule has 0 saturated carbocycles. The molecular weight excluding hydrogens is 401 g/mol. The van der Waals surface area contributed by atoms with Crippen molar-refractivity contribution in [3.63, 3.8) is 0 Å². The van der Waals surface area contributed by atoms with E-state index in [1.54, 1.807) is 11.3 Å². The lowest BCUT2D eigenvalue weighted by Gasteiger charge is -2.33. The molecule has 1 aliphatic heterocycles. The van der Waals surface area contributed by atoms with Gasteiger partial charge in [0.05, 0.1) is 4.90 Å². The number of ether oxygens (including phenoxy) is 1. The van der Waals surface area contributed by atoms with Crippen LogP contribution in [-0.4, -0.2) is 56.7 Å². The second-order valence-corrected chi connectivity index (χ2v) is 9.06. The van der Waals surface area contributed by atoms with Crippen molar-refractivity contribution in [2.45, 2.75) is 17.7 Å². The third-order valence-corrected chi connectivity index (χ3v) is 7.13. The van der Waals surface area contributed by atoms with Crippen LogP contribution in [0.1, 0.15) is 4.88 Å². The molecule has 1 aliphatic rings. The number of nitrogens with zero attached hydrogens (tertiary/aromatic N) is 2. The molecule has 0 bridgehead atoms. The lowest BCUT2D eigenvalue weighted by molar-refractivity contribution is -0.274. The van der Waals surface area contributed by atoms with E-state index in [1.165, 1.54) is 9.18 Å². The Morgan fingerprint density at radius 3 is 2.26 bits per heavy atom. The van der Waals surface area contributed by atoms with E-state index in [4.69, 9.17) is 0 Å². The van der Waals surface area contributed by atoms with Crippen molar-refractivity contribution < 1.29 is 26.3 Å². The first-order valence-electron chi connectivity index (χ1n) is 8.35. The van der Waals surface area contributed by atoms with Crippen LogP contribution in [0.4, 0.5) is 13.2 Å². The van der Waals surface area contributed by atoms with Crippen LogP contribution in [-0.2, 0) is 16.4 Å². The van der Waals surface area contributed by atoms with Crippen molar-refractivity contribution in [3.8, 4) is 5.75 Å². The van der Waals surface area contributed by atoms with Crippen molar-refractivity contribution in [1.29, 1.82) is 0 Å². The molecule has 1 fully saturated rings. The van der Waals surface area contributed by atoms with Gasteiger partial charge >= 0.3 is 6.36 Å². The van der Waals surface area contributed by atoms with Gasteiger partial charge in [0.25, 0.3) is 0 Å². The molecule has 148 valence electrons. The molecule has 2 aromatic rings. The highest BCUT2D eigenvalue weighted by molar-refractivity contribution is 7.89. The van der Waals surface area contributed by atoms with Gasteiger partial charge in [-0.05, 0) is 42.1 Å². The second kappa shape index (κ2) is 8.17. The normalized spacial score (nSPS) is 17.1. The summed E-state index contributed by atoms with van der Waals surface area (Å²) in [6.07, 6.45) is -3.87. The lowest BCUT2D eigenvalue weighted by atomic mass is 10.3. The average Bonchev–Trinajstić information content (AvgIpc) is 3.13. The quantitative estimate of drug-likeness (QED) is 0.720. The van der Waals surface area contributed by atoms with Crippen LogP contribution in [0.25, 0.3) is 0 Å². The summed E-state index contributed by atoms with van der Waals surface area (Å²) in [5.41, 5.74) is 0. The zero-order chi connectivity index (χ0) is 19.5. The van der Waals surface area contributed by atoms with Crippen LogP contribution in [0.15, 0.2) is 46.7 Å². The largest absolute Gasteiger partial charge is 0.573 e. The molecule has 27 heavy (non-hydrogen) atoms. The highest BCUT2D eigenvalue weighted by atomic mass is 32.2. The number of benzene rings is 1. The first kappa shape index (κ1) is 20.1. The van der Waals surface area contributed by atoms with Gasteiger partial charge in [-0.2, -0.15) is 4.31 Å². The topological polar surface area (TPSA) is 49.9 Å². The number of rotatable bonds is 6. The zero-order valence-corrected chi connectivity index (χ0v) is 16.0. The third-order valence-electron chi connectivity index (χ3n) is 4.28. The number of halogens is 3. The zero-order valence-electron chi connectivity index (χ0n) is 14.4. The highest BCUT2D eigenvalue weighted by Gasteiger charge is 2.32. The first-order valence-corrected chi connectivity index (χ1v) is 10.7. The highest BCUT2D eigenvalue weighted by Crippen LogP contribution is 2.25. The molecule has 0 atom stereocenters. The Hall–Kier alpha value is -1.62. The number of sulfonamides is 1. The number of piperazine rings is 1. The fraction of sp³-hybridized carbons (Fsp3) is 0.412. The summed E-state index contributed by atoms with van der Waals surface area (Å²) in [7, 11) is -3.73. The molecule has 0 spiro atoms. The Labute approximate surface area is 160 Å². The molecule has 0 N–H and O–H groups in total. The Kier molecular flexibility index (Phi) is 6.09. The van der Waals surface area contributed by atoms with E-state index >= 15 is 0 Å². The van der Waals surface area contributed by atoms with Crippen LogP contribution in [0.2, 0.25) is 0 Å². The minimum Gasteiger partial charge on any atom is -0.406 e. The van der Waals surface area contributed by atoms with Gasteiger partial charge < -0.3 is 9.64 Å². The number of hydrogen-bond donors (Lipinski definition) is 0. The fourth-order valence-corrected chi connectivity index (χ4v) is 5.00. The summed E-state index contributed by atoms with van der Waals surface area (Å²) in [5.74, 6) is -0.445. The summed E-state index contributed by atoms with van der Waals surface area (Å²) >= 11 is 1.70. The fourth-order valence-electron chi connectivity index (χ4n) is 2.88. The van der Waals surface area contributed by atoms with E-state index in [1.807, 2.05) is 11.4 Å². The third kappa shape index (κ3) is 5.44. The maximum Gasteiger partial charge on any atom is 0.573 e. The Balaban J connectivity index is 1.56. The van der Waals surface area contributed by atoms with Crippen LogP contribution in [0.5, 0.6) is 5.75 Å². The molecule has 5 nitrogen and oxygen atoms in total. The Morgan fingerprint density at radius 1 is 1.04 bits per heavy atom. The van der Waals surface area contributed by atoms with Crippen molar-refractivity contribution in [1.82, 2.24) is 9.21 Å². The van der Waals surface area contributed by atoms with Crippen molar-refractivity contribution in [2.24, 2.45) is 0 Å². The van der Waals surface area contributed by atoms with Gasteiger partial charge in [0.15, 0.2) is 0 Å². The molecule has 10 heteroatoms. The first-order chi connectivity index (χ1) is 12.7. The van der Waals surface area contributed by atoms with Crippen LogP contribution >= 0.6 is 11.3 Å². The van der Waals surface area contributed by atoms with Gasteiger partial charge in [-0.25, -0.2) is 8.42 Å². The minimum absolute atomic E-state index is 0.0379. The van der Waals surface area contributed by atoms with Gasteiger partial charge in [0, 0.05) is 37.6 Å². The van der Waals surface area contributed by atoms with Crippen LogP contribution in [0, 0.1) is 0 Å². The van der Waals surface area contributed by atoms with E-state index < -0.39 is 22.1 Å². The lowest BCUT2D eigenvalue weighted by Crippen LogP contribution is -2.48. The predicted octanol–water partition coefficient (Wildman–Crippen LogP) is 3.20. The molecule has 1 aromatic heterocycles. The molecular formula is C17H19F3N2O3S2. The molecule has 1 aromatic carbocycles. The van der Waals surface area contributed by atoms with E-state index in [-0.39, 0.29) is 4.90 Å². The van der Waals surface area contributed by atoms with E-state index in [0.717, 1.165) is 37.2 Å². The summed E-state index contributed by atoms with van der Waals surface area (Å²) < 4.78 is 67.1. The smallest absolute Gasteiger partial charge is 0.406 e. The van der Waals surface area contributed by atoms with E-state index in [0.29, 0.717) is 26.2 Å². The SMILES string of the molecule is O=S(=O)(c1ccc(OC(F)(F)F)cc1)N1CCN(CCc2cccs2)CC1. The molecule has 0 radical (unpaired) electrons. The number of hydrogen-bond acceptors (Lipinski definition) is 5. The van der Waals surface area contributed by atoms with E-state index in [2.05, 4.69) is 15.7 Å². The molecule has 0 aliphatic carbocycles. The standard InChI is InChI=1S/C17H19F3N2O3S2/c18-17(19,20)25-14-3-5-16(6-4-14)27(23,24)22-11-9-21(10-12-22)8-7-15-2-1-13-26-15/h1-6,13H,7-12H2. The summed E-state index contributed by atoms with van der Waals surface area (Å²) in [5, 5.41) is 2.03. The summed E-state index contributed by atoms with van der Waals surface area (Å²) in [6.45, 7) is 2.83. The van der Waals surface area contributed by atoms with Crippen LogP contribution in [0.3, 0.4) is 0 Å². The Morgan fingerprint density at radius 2 is 1.70 bits per heavy atom. The molecule has 2 heterocycles. The van der Waals surface area contributed by atoms with Gasteiger partial charge in [-0.3, -0.25) is 0 Å². The van der Waals surface area contributed by atoms with Gasteiger partial charge in [0.2, 0.25) is 10.0 Å². The molecule has 0 unspecified atom stereocenters. The second-order valence-electron chi connectivity index (χ2n) is 6.09. The van der Waals surface area contributed by atoms with Gasteiger partial charge in [-0.1, -0.05) is 6.07 Å². The Bertz CT molecular complexity index is 829. The minimum atomic E-state index is -4.81.